The van der Waals surface area contributed by atoms with Crippen LogP contribution in [0.25, 0.3) is 0 Å². The summed E-state index contributed by atoms with van der Waals surface area (Å²) in [4.78, 5) is 19.0. The topological polar surface area (TPSA) is 51.7 Å². The van der Waals surface area contributed by atoms with Gasteiger partial charge in [0, 0.05) is 11.9 Å². The average molecular weight is 360 g/mol. The Balaban J connectivity index is 1.54. The number of hydrogen-bond acceptors (Lipinski definition) is 5. The van der Waals surface area contributed by atoms with Crippen molar-refractivity contribution in [2.24, 2.45) is 0 Å². The summed E-state index contributed by atoms with van der Waals surface area (Å²) in [5.74, 6) is 0.938. The molecule has 1 aliphatic rings. The lowest BCUT2D eigenvalue weighted by atomic mass is 10.2. The number of rotatable bonds is 5. The van der Waals surface area contributed by atoms with Crippen molar-refractivity contribution in [3.8, 4) is 5.75 Å². The van der Waals surface area contributed by atoms with Crippen molar-refractivity contribution in [1.29, 1.82) is 0 Å². The Bertz CT molecular complexity index is 714. The molecule has 0 N–H and O–H groups in total. The fourth-order valence-electron chi connectivity index (χ4n) is 2.78. The highest BCUT2D eigenvalue weighted by atomic mass is 32.1. The number of morpholine rings is 1. The quantitative estimate of drug-likeness (QED) is 0.822. The van der Waals surface area contributed by atoms with Gasteiger partial charge >= 0.3 is 0 Å². The highest BCUT2D eigenvalue weighted by molar-refractivity contribution is 7.09. The SMILES string of the molecule is Cc1ccc(OCc2nc(CC(=O)N3CC(C)OCC3C)cs2)cc1. The van der Waals surface area contributed by atoms with Gasteiger partial charge in [-0.2, -0.15) is 0 Å². The van der Waals surface area contributed by atoms with Crippen molar-refractivity contribution in [3.63, 3.8) is 0 Å². The third-order valence-electron chi connectivity index (χ3n) is 4.24. The van der Waals surface area contributed by atoms with E-state index in [9.17, 15) is 4.79 Å². The Morgan fingerprint density at radius 2 is 2.12 bits per heavy atom. The summed E-state index contributed by atoms with van der Waals surface area (Å²) < 4.78 is 11.3. The molecule has 0 radical (unpaired) electrons. The zero-order valence-electron chi connectivity index (χ0n) is 14.9. The molecule has 0 saturated carbocycles. The summed E-state index contributed by atoms with van der Waals surface area (Å²) in [5, 5.41) is 2.83. The molecule has 1 aliphatic heterocycles. The number of thiazole rings is 1. The van der Waals surface area contributed by atoms with Crippen molar-refractivity contribution >= 4 is 17.2 Å². The largest absolute Gasteiger partial charge is 0.486 e. The van der Waals surface area contributed by atoms with E-state index in [-0.39, 0.29) is 18.1 Å². The molecular formula is C19H24N2O3S. The Morgan fingerprint density at radius 1 is 1.36 bits per heavy atom. The van der Waals surface area contributed by atoms with E-state index < -0.39 is 0 Å². The second kappa shape index (κ2) is 7.97. The van der Waals surface area contributed by atoms with E-state index in [1.165, 1.54) is 16.9 Å². The maximum atomic E-state index is 12.5. The molecule has 1 aromatic carbocycles. The van der Waals surface area contributed by atoms with Crippen LogP contribution in [0.2, 0.25) is 0 Å². The Labute approximate surface area is 152 Å². The van der Waals surface area contributed by atoms with E-state index in [1.807, 2.05) is 55.3 Å². The lowest BCUT2D eigenvalue weighted by Crippen LogP contribution is -2.50. The van der Waals surface area contributed by atoms with Crippen LogP contribution in [0.15, 0.2) is 29.6 Å². The van der Waals surface area contributed by atoms with Gasteiger partial charge in [-0.15, -0.1) is 11.3 Å². The molecule has 0 spiro atoms. The van der Waals surface area contributed by atoms with Crippen LogP contribution in [0.1, 0.15) is 30.1 Å². The van der Waals surface area contributed by atoms with Crippen LogP contribution >= 0.6 is 11.3 Å². The first-order valence-electron chi connectivity index (χ1n) is 8.55. The second-order valence-electron chi connectivity index (χ2n) is 6.55. The molecule has 1 aromatic heterocycles. The Kier molecular flexibility index (Phi) is 5.71. The van der Waals surface area contributed by atoms with E-state index in [0.29, 0.717) is 26.2 Å². The van der Waals surface area contributed by atoms with E-state index in [4.69, 9.17) is 9.47 Å². The van der Waals surface area contributed by atoms with E-state index in [1.54, 1.807) is 0 Å². The Hall–Kier alpha value is -1.92. The van der Waals surface area contributed by atoms with Gasteiger partial charge in [0.1, 0.15) is 17.4 Å². The maximum Gasteiger partial charge on any atom is 0.229 e. The summed E-state index contributed by atoms with van der Waals surface area (Å²) >= 11 is 1.53. The molecule has 1 amide bonds. The molecule has 3 rings (SSSR count). The summed E-state index contributed by atoms with van der Waals surface area (Å²) in [6.45, 7) is 7.73. The van der Waals surface area contributed by atoms with Gasteiger partial charge in [0.25, 0.3) is 0 Å². The molecule has 0 bridgehead atoms. The van der Waals surface area contributed by atoms with Crippen LogP contribution in [0.5, 0.6) is 5.75 Å². The minimum atomic E-state index is 0.0917. The monoisotopic (exact) mass is 360 g/mol. The predicted octanol–water partition coefficient (Wildman–Crippen LogP) is 3.21. The van der Waals surface area contributed by atoms with Gasteiger partial charge in [-0.1, -0.05) is 17.7 Å². The smallest absolute Gasteiger partial charge is 0.229 e. The first-order chi connectivity index (χ1) is 12.0. The number of nitrogens with zero attached hydrogens (tertiary/aromatic N) is 2. The van der Waals surface area contributed by atoms with Crippen LogP contribution in [0.3, 0.4) is 0 Å². The van der Waals surface area contributed by atoms with Crippen LogP contribution in [-0.4, -0.2) is 41.1 Å². The number of amides is 1. The number of ether oxygens (including phenoxy) is 2. The molecule has 0 aliphatic carbocycles. The zero-order chi connectivity index (χ0) is 17.8. The molecule has 134 valence electrons. The number of carbonyl (C=O) groups excluding carboxylic acids is 1. The number of aromatic nitrogens is 1. The van der Waals surface area contributed by atoms with Gasteiger partial charge < -0.3 is 14.4 Å². The number of hydrogen-bond donors (Lipinski definition) is 0. The van der Waals surface area contributed by atoms with E-state index in [0.717, 1.165) is 16.5 Å². The molecule has 2 atom stereocenters. The van der Waals surface area contributed by atoms with Gasteiger partial charge in [0.05, 0.1) is 30.9 Å². The third-order valence-corrected chi connectivity index (χ3v) is 5.11. The van der Waals surface area contributed by atoms with Crippen molar-refractivity contribution < 1.29 is 14.3 Å². The second-order valence-corrected chi connectivity index (χ2v) is 7.49. The zero-order valence-corrected chi connectivity index (χ0v) is 15.7. The molecule has 2 heterocycles. The first-order valence-corrected chi connectivity index (χ1v) is 9.43. The van der Waals surface area contributed by atoms with E-state index in [2.05, 4.69) is 4.98 Å². The van der Waals surface area contributed by atoms with Gasteiger partial charge in [0.2, 0.25) is 5.91 Å². The summed E-state index contributed by atoms with van der Waals surface area (Å²) in [6.07, 6.45) is 0.423. The number of benzene rings is 1. The molecule has 1 saturated heterocycles. The molecule has 2 aromatic rings. The fraction of sp³-hybridized carbons (Fsp3) is 0.474. The van der Waals surface area contributed by atoms with Crippen LogP contribution < -0.4 is 4.74 Å². The van der Waals surface area contributed by atoms with Gasteiger partial charge in [0.15, 0.2) is 0 Å². The summed E-state index contributed by atoms with van der Waals surface area (Å²) in [7, 11) is 0. The van der Waals surface area contributed by atoms with Crippen LogP contribution in [0, 0.1) is 6.92 Å². The van der Waals surface area contributed by atoms with Crippen molar-refractivity contribution in [2.75, 3.05) is 13.2 Å². The average Bonchev–Trinajstić information content (AvgIpc) is 3.04. The van der Waals surface area contributed by atoms with E-state index >= 15 is 0 Å². The number of carbonyl (C=O) groups is 1. The van der Waals surface area contributed by atoms with Crippen LogP contribution in [-0.2, 0) is 22.6 Å². The standard InChI is InChI=1S/C19H24N2O3S/c1-13-4-6-17(7-5-13)24-11-18-20-16(12-25-18)8-19(22)21-9-15(3)23-10-14(21)2/h4-7,12,14-15H,8-11H2,1-3H3. The molecule has 6 heteroatoms. The maximum absolute atomic E-state index is 12.5. The van der Waals surface area contributed by atoms with Gasteiger partial charge in [-0.25, -0.2) is 4.98 Å². The molecule has 1 fully saturated rings. The Morgan fingerprint density at radius 3 is 2.88 bits per heavy atom. The highest BCUT2D eigenvalue weighted by Gasteiger charge is 2.27. The lowest BCUT2D eigenvalue weighted by molar-refractivity contribution is -0.142. The van der Waals surface area contributed by atoms with Gasteiger partial charge in [-0.05, 0) is 32.9 Å². The fourth-order valence-corrected chi connectivity index (χ4v) is 3.49. The minimum absolute atomic E-state index is 0.0917. The molecular weight excluding hydrogens is 336 g/mol. The summed E-state index contributed by atoms with van der Waals surface area (Å²) in [6, 6.07) is 8.06. The molecule has 25 heavy (non-hydrogen) atoms. The van der Waals surface area contributed by atoms with Crippen LogP contribution in [0.4, 0.5) is 0 Å². The third kappa shape index (κ3) is 4.80. The summed E-state index contributed by atoms with van der Waals surface area (Å²) in [5.41, 5.74) is 2.01. The lowest BCUT2D eigenvalue weighted by Gasteiger charge is -2.36. The van der Waals surface area contributed by atoms with Gasteiger partial charge in [-0.3, -0.25) is 4.79 Å². The highest BCUT2D eigenvalue weighted by Crippen LogP contribution is 2.18. The predicted molar refractivity (Wildman–Crippen MR) is 97.9 cm³/mol. The first kappa shape index (κ1) is 17.9. The normalized spacial score (nSPS) is 20.5. The molecule has 2 unspecified atom stereocenters. The van der Waals surface area contributed by atoms with Crippen molar-refractivity contribution in [1.82, 2.24) is 9.88 Å². The number of aryl methyl sites for hydroxylation is 1. The minimum Gasteiger partial charge on any atom is -0.486 e. The van der Waals surface area contributed by atoms with Crippen molar-refractivity contribution in [2.45, 2.75) is 45.9 Å². The van der Waals surface area contributed by atoms with Crippen molar-refractivity contribution in [3.05, 3.63) is 45.9 Å². The molecule has 5 nitrogen and oxygen atoms in total.